The monoisotopic (exact) mass is 387 g/mol. The highest BCUT2D eigenvalue weighted by atomic mass is 16.3. The van der Waals surface area contributed by atoms with E-state index in [1.165, 1.54) is 0 Å². The van der Waals surface area contributed by atoms with Gasteiger partial charge in [0.05, 0.1) is 5.56 Å². The quantitative estimate of drug-likeness (QED) is 0.373. The molecule has 0 bridgehead atoms. The molecule has 3 heteroatoms. The second-order valence-electron chi connectivity index (χ2n) is 8.51. The molecule has 0 saturated heterocycles. The number of aryl methyl sites for hydroxylation is 2. The van der Waals surface area contributed by atoms with Crippen molar-refractivity contribution in [3.63, 3.8) is 0 Å². The minimum absolute atomic E-state index is 0.458. The van der Waals surface area contributed by atoms with Crippen LogP contribution in [0.5, 0.6) is 0 Å². The molecule has 0 N–H and O–H groups in total. The van der Waals surface area contributed by atoms with Crippen LogP contribution < -0.4 is 4.57 Å². The molecule has 148 valence electrons. The Morgan fingerprint density at radius 3 is 2.59 bits per heavy atom. The first-order valence-corrected chi connectivity index (χ1v) is 10.5. The van der Waals surface area contributed by atoms with Crippen LogP contribution in [-0.4, -0.2) is 4.98 Å². The number of furan rings is 1. The number of aromatic nitrogens is 2. The van der Waals surface area contributed by atoms with E-state index >= 15 is 0 Å². The lowest BCUT2D eigenvalue weighted by Gasteiger charge is -2.10. The summed E-state index contributed by atoms with van der Waals surface area (Å²) in [6.07, 6.45) is 6.26. The molecule has 1 aromatic carbocycles. The number of hydrogen-bond donors (Lipinski definition) is 0. The van der Waals surface area contributed by atoms with Crippen molar-refractivity contribution in [2.45, 2.75) is 58.2 Å². The molecule has 29 heavy (non-hydrogen) atoms. The van der Waals surface area contributed by atoms with E-state index in [4.69, 9.17) is 7.16 Å². The first-order chi connectivity index (χ1) is 14.7. The molecule has 3 nitrogen and oxygen atoms in total. The molecule has 0 amide bonds. The van der Waals surface area contributed by atoms with Crippen LogP contribution in [0.1, 0.15) is 70.9 Å². The molecule has 0 spiro atoms. The third kappa shape index (κ3) is 3.04. The van der Waals surface area contributed by atoms with Gasteiger partial charge in [-0.05, 0) is 55.3 Å². The van der Waals surface area contributed by atoms with Crippen molar-refractivity contribution in [1.82, 2.24) is 4.98 Å². The predicted molar refractivity (Wildman–Crippen MR) is 118 cm³/mol. The van der Waals surface area contributed by atoms with Gasteiger partial charge in [-0.15, -0.1) is 0 Å². The lowest BCUT2D eigenvalue weighted by molar-refractivity contribution is -0.660. The zero-order valence-electron chi connectivity index (χ0n) is 19.7. The van der Waals surface area contributed by atoms with Gasteiger partial charge in [0, 0.05) is 30.8 Å². The third-order valence-electron chi connectivity index (χ3n) is 6.23. The molecule has 1 aliphatic carbocycles. The van der Waals surface area contributed by atoms with Gasteiger partial charge in [0.25, 0.3) is 0 Å². The Labute approximate surface area is 175 Å². The average molecular weight is 388 g/mol. The minimum atomic E-state index is -0.777. The molecule has 0 aliphatic heterocycles. The molecular formula is C26H29N2O+. The number of rotatable bonds is 3. The molecule has 1 fully saturated rings. The molecule has 5 rings (SSSR count). The molecule has 1 aliphatic rings. The molecule has 4 aromatic rings. The highest BCUT2D eigenvalue weighted by Crippen LogP contribution is 2.38. The van der Waals surface area contributed by atoms with Crippen LogP contribution in [0.15, 0.2) is 47.0 Å². The Kier molecular flexibility index (Phi) is 3.89. The summed E-state index contributed by atoms with van der Waals surface area (Å²) in [6, 6.07) is 12.4. The van der Waals surface area contributed by atoms with Gasteiger partial charge in [0.1, 0.15) is 7.05 Å². The highest BCUT2D eigenvalue weighted by Gasteiger charge is 2.24. The molecule has 0 atom stereocenters. The Bertz CT molecular complexity index is 1310. The molecule has 0 radical (unpaired) electrons. The van der Waals surface area contributed by atoms with E-state index in [0.717, 1.165) is 64.4 Å². The Morgan fingerprint density at radius 1 is 1.10 bits per heavy atom. The molecule has 3 heterocycles. The molecule has 1 saturated carbocycles. The van der Waals surface area contributed by atoms with Crippen molar-refractivity contribution in [1.29, 1.82) is 0 Å². The number of hydrogen-bond acceptors (Lipinski definition) is 2. The van der Waals surface area contributed by atoms with Crippen molar-refractivity contribution < 1.29 is 11.7 Å². The summed E-state index contributed by atoms with van der Waals surface area (Å²) in [7, 11) is 2.05. The second kappa shape index (κ2) is 6.98. The molecule has 0 unspecified atom stereocenters. The van der Waals surface area contributed by atoms with Crippen molar-refractivity contribution in [2.24, 2.45) is 7.05 Å². The highest BCUT2D eigenvalue weighted by molar-refractivity contribution is 6.08. The lowest BCUT2D eigenvalue weighted by atomic mass is 9.96. The summed E-state index contributed by atoms with van der Waals surface area (Å²) in [6.45, 7) is 5.78. The fourth-order valence-electron chi connectivity index (χ4n) is 4.58. The van der Waals surface area contributed by atoms with Crippen LogP contribution in [0.3, 0.4) is 0 Å². The number of nitrogens with zero attached hydrogens (tertiary/aromatic N) is 2. The first-order valence-electron chi connectivity index (χ1n) is 11.5. The second-order valence-corrected chi connectivity index (χ2v) is 8.51. The normalized spacial score (nSPS) is 17.7. The van der Waals surface area contributed by atoms with E-state index in [1.54, 1.807) is 0 Å². The Hall–Kier alpha value is -2.68. The van der Waals surface area contributed by atoms with Gasteiger partial charge in [-0.25, -0.2) is 9.55 Å². The summed E-state index contributed by atoms with van der Waals surface area (Å²) in [5.74, 6) is -1.24. The number of pyridine rings is 2. The van der Waals surface area contributed by atoms with Gasteiger partial charge < -0.3 is 4.42 Å². The van der Waals surface area contributed by atoms with E-state index in [2.05, 4.69) is 54.0 Å². The third-order valence-corrected chi connectivity index (χ3v) is 6.23. The zero-order valence-corrected chi connectivity index (χ0v) is 17.7. The van der Waals surface area contributed by atoms with E-state index in [0.29, 0.717) is 11.4 Å². The molecule has 3 aromatic heterocycles. The van der Waals surface area contributed by atoms with Crippen molar-refractivity contribution in [3.05, 3.63) is 59.4 Å². The first kappa shape index (κ1) is 16.2. The SMILES string of the molecule is [2H]C(C)(C)c1ccc2c(n1)oc1c(-c3ccc(C4([2H])CCCC4)c[n+]3C)c(C)ccc12. The van der Waals surface area contributed by atoms with Crippen LogP contribution in [-0.2, 0) is 7.05 Å². The number of fused-ring (bicyclic) bond motifs is 3. The molecular weight excluding hydrogens is 356 g/mol. The standard InChI is InChI=1S/C26H29N2O/c1-16(2)22-13-12-21-20-11-9-17(3)24(25(20)29-26(21)27-22)23-14-10-19(15-28(23)4)18-7-5-6-8-18/h9-16,18H,5-8H2,1-4H3/q+1/i16D,18D. The van der Waals surface area contributed by atoms with Gasteiger partial charge in [-0.3, -0.25) is 0 Å². The summed E-state index contributed by atoms with van der Waals surface area (Å²) >= 11 is 0. The smallest absolute Gasteiger partial charge is 0.227 e. The van der Waals surface area contributed by atoms with Gasteiger partial charge in [0.15, 0.2) is 11.8 Å². The van der Waals surface area contributed by atoms with Crippen LogP contribution in [0.4, 0.5) is 0 Å². The summed E-state index contributed by atoms with van der Waals surface area (Å²) in [5.41, 5.74) is 6.45. The average Bonchev–Trinajstić information content (AvgIpc) is 3.31. The predicted octanol–water partition coefficient (Wildman–Crippen LogP) is 6.56. The van der Waals surface area contributed by atoms with Gasteiger partial charge >= 0.3 is 0 Å². The van der Waals surface area contributed by atoms with Crippen LogP contribution in [0, 0.1) is 6.92 Å². The Balaban J connectivity index is 1.70. The summed E-state index contributed by atoms with van der Waals surface area (Å²) < 4.78 is 25.6. The fourth-order valence-corrected chi connectivity index (χ4v) is 4.58. The van der Waals surface area contributed by atoms with E-state index in [1.807, 2.05) is 26.0 Å². The maximum absolute atomic E-state index is 8.85. The van der Waals surface area contributed by atoms with Crippen molar-refractivity contribution in [2.75, 3.05) is 0 Å². The summed E-state index contributed by atoms with van der Waals surface area (Å²) in [4.78, 5) is 4.66. The maximum atomic E-state index is 8.85. The zero-order chi connectivity index (χ0) is 22.0. The van der Waals surface area contributed by atoms with E-state index < -0.39 is 11.8 Å². The van der Waals surface area contributed by atoms with E-state index in [9.17, 15) is 0 Å². The fraction of sp³-hybridized carbons (Fsp3) is 0.385. The Morgan fingerprint density at radius 2 is 1.86 bits per heavy atom. The van der Waals surface area contributed by atoms with Crippen LogP contribution in [0.2, 0.25) is 0 Å². The minimum Gasteiger partial charge on any atom is -0.437 e. The van der Waals surface area contributed by atoms with Crippen LogP contribution >= 0.6 is 0 Å². The van der Waals surface area contributed by atoms with Gasteiger partial charge in [-0.1, -0.05) is 38.8 Å². The van der Waals surface area contributed by atoms with Crippen LogP contribution in [0.25, 0.3) is 33.3 Å². The summed E-state index contributed by atoms with van der Waals surface area (Å²) in [5, 5.41) is 2.01. The maximum Gasteiger partial charge on any atom is 0.227 e. The van der Waals surface area contributed by atoms with Gasteiger partial charge in [-0.2, -0.15) is 0 Å². The number of benzene rings is 1. The van der Waals surface area contributed by atoms with E-state index in [-0.39, 0.29) is 0 Å². The van der Waals surface area contributed by atoms with Gasteiger partial charge in [0.2, 0.25) is 11.4 Å². The van der Waals surface area contributed by atoms with Crippen molar-refractivity contribution >= 4 is 22.1 Å². The lowest BCUT2D eigenvalue weighted by Crippen LogP contribution is -2.31. The topological polar surface area (TPSA) is 29.9 Å². The largest absolute Gasteiger partial charge is 0.437 e. The van der Waals surface area contributed by atoms with Crippen molar-refractivity contribution in [3.8, 4) is 11.3 Å².